The van der Waals surface area contributed by atoms with Crippen LogP contribution in [0.3, 0.4) is 0 Å². The minimum absolute atomic E-state index is 0.0243. The molecule has 0 aromatic heterocycles. The quantitative estimate of drug-likeness (QED) is 0.561. The Bertz CT molecular complexity index is 1070. The highest BCUT2D eigenvalue weighted by Crippen LogP contribution is 2.35. The lowest BCUT2D eigenvalue weighted by Gasteiger charge is -2.39. The van der Waals surface area contributed by atoms with Crippen molar-refractivity contribution in [3.05, 3.63) is 107 Å². The van der Waals surface area contributed by atoms with Crippen LogP contribution in [0.15, 0.2) is 72.8 Å². The number of likely N-dealkylation sites (tertiary alicyclic amines) is 1. The molecule has 3 nitrogen and oxygen atoms in total. The molecular weight excluding hydrogens is 413 g/mol. The highest BCUT2D eigenvalue weighted by atomic mass is 19.1. The lowest BCUT2D eigenvalue weighted by atomic mass is 9.88. The third-order valence-electron chi connectivity index (χ3n) is 6.04. The number of nitrogens with zero attached hydrogens (tertiary/aromatic N) is 1. The first kappa shape index (κ1) is 22.1. The summed E-state index contributed by atoms with van der Waals surface area (Å²) in [5.41, 5.74) is 1.92. The van der Waals surface area contributed by atoms with Crippen LogP contribution in [-0.4, -0.2) is 17.4 Å². The number of amides is 1. The molecule has 166 valence electrons. The van der Waals surface area contributed by atoms with Crippen molar-refractivity contribution in [3.8, 4) is 0 Å². The van der Waals surface area contributed by atoms with Crippen LogP contribution in [0.1, 0.15) is 35.6 Å². The van der Waals surface area contributed by atoms with E-state index in [1.807, 2.05) is 30.3 Å². The van der Waals surface area contributed by atoms with E-state index in [1.54, 1.807) is 18.2 Å². The molecule has 1 fully saturated rings. The fourth-order valence-corrected chi connectivity index (χ4v) is 4.32. The van der Waals surface area contributed by atoms with Gasteiger partial charge in [0.05, 0.1) is 5.92 Å². The standard InChI is InChI=1S/C26H25F3N2O/c27-22-12-10-20(24(29)14-22)16-31-17-21(11-13-25(31)18-6-2-1-3-7-18)26(32)30-15-19-8-4-5-9-23(19)28/h1-10,12,14,21,25H,11,13,15-17H2,(H,30,32). The first-order valence-corrected chi connectivity index (χ1v) is 10.8. The van der Waals surface area contributed by atoms with E-state index in [1.165, 1.54) is 18.2 Å². The van der Waals surface area contributed by atoms with Gasteiger partial charge < -0.3 is 5.32 Å². The van der Waals surface area contributed by atoms with Gasteiger partial charge in [0.15, 0.2) is 0 Å². The Balaban J connectivity index is 1.49. The molecule has 1 aliphatic rings. The van der Waals surface area contributed by atoms with Crippen LogP contribution in [0, 0.1) is 23.4 Å². The van der Waals surface area contributed by atoms with Crippen LogP contribution in [0.2, 0.25) is 0 Å². The topological polar surface area (TPSA) is 32.3 Å². The third-order valence-corrected chi connectivity index (χ3v) is 6.04. The maximum absolute atomic E-state index is 14.4. The molecule has 2 atom stereocenters. The minimum Gasteiger partial charge on any atom is -0.352 e. The number of halogens is 3. The summed E-state index contributed by atoms with van der Waals surface area (Å²) in [5.74, 6) is -2.01. The Hall–Kier alpha value is -3.12. The summed E-state index contributed by atoms with van der Waals surface area (Å²) in [5, 5.41) is 2.84. The predicted molar refractivity (Wildman–Crippen MR) is 117 cm³/mol. The van der Waals surface area contributed by atoms with E-state index in [-0.39, 0.29) is 36.8 Å². The summed E-state index contributed by atoms with van der Waals surface area (Å²) in [6, 6.07) is 19.9. The van der Waals surface area contributed by atoms with Crippen LogP contribution in [0.4, 0.5) is 13.2 Å². The summed E-state index contributed by atoms with van der Waals surface area (Å²) >= 11 is 0. The van der Waals surface area contributed by atoms with Crippen molar-refractivity contribution in [2.45, 2.75) is 32.0 Å². The maximum atomic E-state index is 14.4. The fraction of sp³-hybridized carbons (Fsp3) is 0.269. The van der Waals surface area contributed by atoms with Crippen LogP contribution >= 0.6 is 0 Å². The van der Waals surface area contributed by atoms with Crippen LogP contribution in [0.5, 0.6) is 0 Å². The maximum Gasteiger partial charge on any atom is 0.224 e. The molecule has 3 aromatic carbocycles. The van der Waals surface area contributed by atoms with Gasteiger partial charge in [0.2, 0.25) is 5.91 Å². The van der Waals surface area contributed by atoms with Gasteiger partial charge in [-0.15, -0.1) is 0 Å². The number of nitrogens with one attached hydrogen (secondary N) is 1. The van der Waals surface area contributed by atoms with Gasteiger partial charge in [0, 0.05) is 42.9 Å². The SMILES string of the molecule is O=C(NCc1ccccc1F)C1CCC(c2ccccc2)N(Cc2ccc(F)cc2F)C1. The summed E-state index contributed by atoms with van der Waals surface area (Å²) in [7, 11) is 0. The van der Waals surface area contributed by atoms with E-state index < -0.39 is 11.6 Å². The summed E-state index contributed by atoms with van der Waals surface area (Å²) in [4.78, 5) is 14.9. The number of benzene rings is 3. The van der Waals surface area contributed by atoms with Gasteiger partial charge in [0.1, 0.15) is 17.5 Å². The molecule has 0 saturated carbocycles. The lowest BCUT2D eigenvalue weighted by Crippen LogP contribution is -2.44. The number of hydrogen-bond acceptors (Lipinski definition) is 2. The third kappa shape index (κ3) is 5.19. The van der Waals surface area contributed by atoms with Crippen LogP contribution in [0.25, 0.3) is 0 Å². The van der Waals surface area contributed by atoms with Gasteiger partial charge in [-0.1, -0.05) is 54.6 Å². The molecule has 1 amide bonds. The van der Waals surface area contributed by atoms with Gasteiger partial charge in [-0.25, -0.2) is 13.2 Å². The molecule has 0 spiro atoms. The second-order valence-electron chi connectivity index (χ2n) is 8.18. The van der Waals surface area contributed by atoms with Crippen LogP contribution in [-0.2, 0) is 17.9 Å². The van der Waals surface area contributed by atoms with Crippen molar-refractivity contribution < 1.29 is 18.0 Å². The van der Waals surface area contributed by atoms with E-state index in [4.69, 9.17) is 0 Å². The van der Waals surface area contributed by atoms with E-state index in [0.717, 1.165) is 18.1 Å². The van der Waals surface area contributed by atoms with Gasteiger partial charge >= 0.3 is 0 Å². The molecule has 0 bridgehead atoms. The van der Waals surface area contributed by atoms with Gasteiger partial charge in [-0.3, -0.25) is 9.69 Å². The number of rotatable bonds is 6. The van der Waals surface area contributed by atoms with Crippen molar-refractivity contribution in [2.75, 3.05) is 6.54 Å². The monoisotopic (exact) mass is 438 g/mol. The van der Waals surface area contributed by atoms with Crippen molar-refractivity contribution in [1.82, 2.24) is 10.2 Å². The van der Waals surface area contributed by atoms with Crippen molar-refractivity contribution in [3.63, 3.8) is 0 Å². The summed E-state index contributed by atoms with van der Waals surface area (Å²) in [6.07, 6.45) is 1.40. The van der Waals surface area contributed by atoms with E-state index >= 15 is 0 Å². The van der Waals surface area contributed by atoms with Crippen molar-refractivity contribution in [2.24, 2.45) is 5.92 Å². The predicted octanol–water partition coefficient (Wildman–Crippen LogP) is 5.37. The molecule has 1 aliphatic heterocycles. The normalized spacial score (nSPS) is 19.0. The minimum atomic E-state index is -0.616. The average Bonchev–Trinajstić information content (AvgIpc) is 2.80. The van der Waals surface area contributed by atoms with E-state index in [9.17, 15) is 18.0 Å². The fourth-order valence-electron chi connectivity index (χ4n) is 4.32. The van der Waals surface area contributed by atoms with Crippen LogP contribution < -0.4 is 5.32 Å². The first-order chi connectivity index (χ1) is 15.5. The molecule has 4 rings (SSSR count). The molecular formula is C26H25F3N2O. The number of carbonyl (C=O) groups is 1. The largest absolute Gasteiger partial charge is 0.352 e. The number of piperidine rings is 1. The second-order valence-corrected chi connectivity index (χ2v) is 8.18. The molecule has 1 N–H and O–H groups in total. The molecule has 1 heterocycles. The van der Waals surface area contributed by atoms with Crippen molar-refractivity contribution in [1.29, 1.82) is 0 Å². The zero-order chi connectivity index (χ0) is 22.5. The zero-order valence-corrected chi connectivity index (χ0v) is 17.6. The molecule has 0 aliphatic carbocycles. The first-order valence-electron chi connectivity index (χ1n) is 10.8. The molecule has 32 heavy (non-hydrogen) atoms. The lowest BCUT2D eigenvalue weighted by molar-refractivity contribution is -0.127. The van der Waals surface area contributed by atoms with E-state index in [2.05, 4.69) is 10.2 Å². The van der Waals surface area contributed by atoms with E-state index in [0.29, 0.717) is 24.1 Å². The highest BCUT2D eigenvalue weighted by molar-refractivity contribution is 5.79. The second kappa shape index (κ2) is 10.0. The summed E-state index contributed by atoms with van der Waals surface area (Å²) < 4.78 is 41.6. The molecule has 2 unspecified atom stereocenters. The molecule has 1 saturated heterocycles. The average molecular weight is 438 g/mol. The van der Waals surface area contributed by atoms with Crippen molar-refractivity contribution >= 4 is 5.91 Å². The Kier molecular flexibility index (Phi) is 6.90. The Morgan fingerprint density at radius 2 is 1.62 bits per heavy atom. The molecule has 0 radical (unpaired) electrons. The Morgan fingerprint density at radius 3 is 2.38 bits per heavy atom. The Labute approximate surface area is 185 Å². The highest BCUT2D eigenvalue weighted by Gasteiger charge is 2.33. The Morgan fingerprint density at radius 1 is 0.875 bits per heavy atom. The molecule has 3 aromatic rings. The zero-order valence-electron chi connectivity index (χ0n) is 17.6. The molecule has 6 heteroatoms. The summed E-state index contributed by atoms with van der Waals surface area (Å²) in [6.45, 7) is 0.818. The number of carbonyl (C=O) groups excluding carboxylic acids is 1. The number of hydrogen-bond donors (Lipinski definition) is 1. The smallest absolute Gasteiger partial charge is 0.224 e. The van der Waals surface area contributed by atoms with Gasteiger partial charge in [0.25, 0.3) is 0 Å². The van der Waals surface area contributed by atoms with Gasteiger partial charge in [-0.05, 0) is 30.5 Å². The van der Waals surface area contributed by atoms with Gasteiger partial charge in [-0.2, -0.15) is 0 Å².